The Kier molecular flexibility index (Phi) is 3.80. The molecule has 6 nitrogen and oxygen atoms in total. The van der Waals surface area contributed by atoms with E-state index in [1.54, 1.807) is 42.5 Å². The molecule has 0 unspecified atom stereocenters. The lowest BCUT2D eigenvalue weighted by atomic mass is 10.1. The van der Waals surface area contributed by atoms with Crippen LogP contribution in [0.3, 0.4) is 0 Å². The third-order valence-corrected chi connectivity index (χ3v) is 3.45. The van der Waals surface area contributed by atoms with Gasteiger partial charge in [0.25, 0.3) is 5.91 Å². The summed E-state index contributed by atoms with van der Waals surface area (Å²) in [5.41, 5.74) is 2.20. The van der Waals surface area contributed by atoms with E-state index in [9.17, 15) is 14.4 Å². The molecule has 1 aliphatic rings. The Morgan fingerprint density at radius 1 is 1.13 bits per heavy atom. The Morgan fingerprint density at radius 2 is 1.91 bits per heavy atom. The molecule has 23 heavy (non-hydrogen) atoms. The maximum absolute atomic E-state index is 12.8. The number of para-hydroxylation sites is 2. The van der Waals surface area contributed by atoms with Gasteiger partial charge in [-0.25, -0.2) is 0 Å². The third-order valence-electron chi connectivity index (χ3n) is 3.45. The first-order valence-corrected chi connectivity index (χ1v) is 7.13. The molecule has 116 valence electrons. The van der Waals surface area contributed by atoms with Crippen molar-refractivity contribution in [1.82, 2.24) is 0 Å². The average molecular weight is 309 g/mol. The standard InChI is InChI=1S/C17H15N3O3/c1-11(21)18-13-6-4-5-12(9-13)17(23)20-10-16(22)19-14-7-2-3-8-15(14)20/h2-9H,10H2,1H3,(H,18,21)(H,19,22). The summed E-state index contributed by atoms with van der Waals surface area (Å²) >= 11 is 0. The van der Waals surface area contributed by atoms with Gasteiger partial charge in [0.2, 0.25) is 11.8 Å². The Hall–Kier alpha value is -3.15. The molecule has 0 bridgehead atoms. The number of rotatable bonds is 2. The summed E-state index contributed by atoms with van der Waals surface area (Å²) < 4.78 is 0. The highest BCUT2D eigenvalue weighted by atomic mass is 16.2. The third kappa shape index (κ3) is 3.06. The molecular weight excluding hydrogens is 294 g/mol. The molecule has 0 fully saturated rings. The monoisotopic (exact) mass is 309 g/mol. The SMILES string of the molecule is CC(=O)Nc1cccc(C(=O)N2CC(=O)Nc3ccccc32)c1. The molecule has 2 aromatic rings. The largest absolute Gasteiger partial charge is 0.326 e. The quantitative estimate of drug-likeness (QED) is 0.893. The summed E-state index contributed by atoms with van der Waals surface area (Å²) in [4.78, 5) is 37.2. The molecule has 0 spiro atoms. The van der Waals surface area contributed by atoms with Crippen molar-refractivity contribution < 1.29 is 14.4 Å². The van der Waals surface area contributed by atoms with Gasteiger partial charge in [-0.05, 0) is 30.3 Å². The van der Waals surface area contributed by atoms with E-state index >= 15 is 0 Å². The van der Waals surface area contributed by atoms with Crippen LogP contribution in [0.1, 0.15) is 17.3 Å². The predicted octanol–water partition coefficient (Wildman–Crippen LogP) is 2.24. The highest BCUT2D eigenvalue weighted by Gasteiger charge is 2.27. The van der Waals surface area contributed by atoms with E-state index in [-0.39, 0.29) is 24.3 Å². The van der Waals surface area contributed by atoms with Gasteiger partial charge >= 0.3 is 0 Å². The first-order chi connectivity index (χ1) is 11.0. The number of nitrogens with one attached hydrogen (secondary N) is 2. The van der Waals surface area contributed by atoms with Crippen molar-refractivity contribution >= 4 is 34.8 Å². The molecule has 2 N–H and O–H groups in total. The van der Waals surface area contributed by atoms with Crippen molar-refractivity contribution in [2.75, 3.05) is 22.1 Å². The van der Waals surface area contributed by atoms with Crippen molar-refractivity contribution in [3.8, 4) is 0 Å². The molecule has 0 radical (unpaired) electrons. The first kappa shape index (κ1) is 14.8. The van der Waals surface area contributed by atoms with Crippen molar-refractivity contribution in [1.29, 1.82) is 0 Å². The minimum atomic E-state index is -0.292. The number of fused-ring (bicyclic) bond motifs is 1. The molecule has 0 atom stereocenters. The van der Waals surface area contributed by atoms with Crippen molar-refractivity contribution in [3.63, 3.8) is 0 Å². The van der Waals surface area contributed by atoms with Gasteiger partial charge in [-0.3, -0.25) is 19.3 Å². The van der Waals surface area contributed by atoms with Crippen LogP contribution in [0.25, 0.3) is 0 Å². The van der Waals surface area contributed by atoms with Gasteiger partial charge in [0, 0.05) is 18.2 Å². The lowest BCUT2D eigenvalue weighted by molar-refractivity contribution is -0.115. The summed E-state index contributed by atoms with van der Waals surface area (Å²) in [5, 5.41) is 5.39. The summed E-state index contributed by atoms with van der Waals surface area (Å²) in [6.07, 6.45) is 0. The van der Waals surface area contributed by atoms with Gasteiger partial charge in [0.15, 0.2) is 0 Å². The fourth-order valence-corrected chi connectivity index (χ4v) is 2.50. The Morgan fingerprint density at radius 3 is 2.70 bits per heavy atom. The zero-order valence-corrected chi connectivity index (χ0v) is 12.5. The summed E-state index contributed by atoms with van der Waals surface area (Å²) in [6, 6.07) is 13.8. The smallest absolute Gasteiger partial charge is 0.258 e. The summed E-state index contributed by atoms with van der Waals surface area (Å²) in [5.74, 6) is -0.744. The number of anilines is 3. The van der Waals surface area contributed by atoms with E-state index in [1.165, 1.54) is 11.8 Å². The van der Waals surface area contributed by atoms with Gasteiger partial charge in [-0.1, -0.05) is 18.2 Å². The van der Waals surface area contributed by atoms with Crippen molar-refractivity contribution in [2.45, 2.75) is 6.92 Å². The van der Waals surface area contributed by atoms with E-state index < -0.39 is 0 Å². The highest BCUT2D eigenvalue weighted by Crippen LogP contribution is 2.30. The normalized spacial score (nSPS) is 13.1. The minimum absolute atomic E-state index is 0.0415. The van der Waals surface area contributed by atoms with Crippen molar-refractivity contribution in [2.24, 2.45) is 0 Å². The van der Waals surface area contributed by atoms with E-state index in [0.29, 0.717) is 22.6 Å². The van der Waals surface area contributed by atoms with E-state index in [0.717, 1.165) is 0 Å². The Bertz CT molecular complexity index is 801. The molecule has 1 heterocycles. The minimum Gasteiger partial charge on any atom is -0.326 e. The fourth-order valence-electron chi connectivity index (χ4n) is 2.50. The second-order valence-electron chi connectivity index (χ2n) is 5.22. The van der Waals surface area contributed by atoms with Crippen LogP contribution >= 0.6 is 0 Å². The van der Waals surface area contributed by atoms with Crippen LogP contribution in [0.15, 0.2) is 48.5 Å². The van der Waals surface area contributed by atoms with Gasteiger partial charge < -0.3 is 10.6 Å². The molecule has 0 saturated carbocycles. The molecular formula is C17H15N3O3. The fraction of sp³-hybridized carbons (Fsp3) is 0.118. The lowest BCUT2D eigenvalue weighted by Crippen LogP contribution is -2.42. The van der Waals surface area contributed by atoms with E-state index in [1.807, 2.05) is 6.07 Å². The summed E-state index contributed by atoms with van der Waals surface area (Å²) in [6.45, 7) is 1.36. The lowest BCUT2D eigenvalue weighted by Gasteiger charge is -2.29. The van der Waals surface area contributed by atoms with Gasteiger partial charge in [0.1, 0.15) is 6.54 Å². The van der Waals surface area contributed by atoms with E-state index in [2.05, 4.69) is 10.6 Å². The number of benzene rings is 2. The number of amides is 3. The van der Waals surface area contributed by atoms with Crippen LogP contribution in [0.4, 0.5) is 17.1 Å². The number of carbonyl (C=O) groups excluding carboxylic acids is 3. The van der Waals surface area contributed by atoms with Gasteiger partial charge in [-0.2, -0.15) is 0 Å². The van der Waals surface area contributed by atoms with Crippen LogP contribution in [0.5, 0.6) is 0 Å². The van der Waals surface area contributed by atoms with Crippen LogP contribution in [0, 0.1) is 0 Å². The molecule has 3 rings (SSSR count). The van der Waals surface area contributed by atoms with Gasteiger partial charge in [0.05, 0.1) is 11.4 Å². The molecule has 3 amide bonds. The highest BCUT2D eigenvalue weighted by molar-refractivity contribution is 6.15. The molecule has 1 aliphatic heterocycles. The maximum Gasteiger partial charge on any atom is 0.258 e. The number of hydrogen-bond donors (Lipinski definition) is 2. The first-order valence-electron chi connectivity index (χ1n) is 7.13. The second kappa shape index (κ2) is 5.92. The van der Waals surface area contributed by atoms with Crippen LogP contribution in [0.2, 0.25) is 0 Å². The zero-order chi connectivity index (χ0) is 16.4. The van der Waals surface area contributed by atoms with Gasteiger partial charge in [-0.15, -0.1) is 0 Å². The van der Waals surface area contributed by atoms with Crippen LogP contribution < -0.4 is 15.5 Å². The number of carbonyl (C=O) groups is 3. The number of hydrogen-bond acceptors (Lipinski definition) is 3. The van der Waals surface area contributed by atoms with Crippen molar-refractivity contribution in [3.05, 3.63) is 54.1 Å². The van der Waals surface area contributed by atoms with Crippen LogP contribution in [-0.4, -0.2) is 24.3 Å². The average Bonchev–Trinajstić information content (AvgIpc) is 2.53. The Balaban J connectivity index is 1.94. The molecule has 2 aromatic carbocycles. The molecule has 0 aromatic heterocycles. The Labute approximate surface area is 133 Å². The maximum atomic E-state index is 12.8. The number of nitrogens with zero attached hydrogens (tertiary/aromatic N) is 1. The summed E-state index contributed by atoms with van der Waals surface area (Å²) in [7, 11) is 0. The van der Waals surface area contributed by atoms with Crippen LogP contribution in [-0.2, 0) is 9.59 Å². The topological polar surface area (TPSA) is 78.5 Å². The molecule has 0 aliphatic carbocycles. The second-order valence-corrected chi connectivity index (χ2v) is 5.22. The predicted molar refractivity (Wildman–Crippen MR) is 87.5 cm³/mol. The molecule has 0 saturated heterocycles. The zero-order valence-electron chi connectivity index (χ0n) is 12.5. The van der Waals surface area contributed by atoms with E-state index in [4.69, 9.17) is 0 Å². The molecule has 6 heteroatoms.